The van der Waals surface area contributed by atoms with Crippen LogP contribution in [0.25, 0.3) is 16.7 Å². The summed E-state index contributed by atoms with van der Waals surface area (Å²) in [5.41, 5.74) is 2.84. The molecule has 0 radical (unpaired) electrons. The number of phenolic OH excluding ortho intramolecular Hbond substituents is 1. The highest BCUT2D eigenvalue weighted by molar-refractivity contribution is 6.34. The number of halogens is 1. The van der Waals surface area contributed by atoms with Gasteiger partial charge in [-0.25, -0.2) is 0 Å². The third-order valence-electron chi connectivity index (χ3n) is 6.27. The van der Waals surface area contributed by atoms with Gasteiger partial charge in [-0.2, -0.15) is 0 Å². The Morgan fingerprint density at radius 1 is 1.09 bits per heavy atom. The molecule has 3 rings (SSSR count). The zero-order chi connectivity index (χ0) is 24.9. The molecule has 0 amide bonds. The zero-order valence-electron chi connectivity index (χ0n) is 20.6. The van der Waals surface area contributed by atoms with Crippen LogP contribution in [0.1, 0.15) is 83.8 Å². The van der Waals surface area contributed by atoms with E-state index < -0.39 is 11.9 Å². The average molecular weight is 486 g/mol. The second-order valence-corrected chi connectivity index (χ2v) is 10.6. The second kappa shape index (κ2) is 11.2. The summed E-state index contributed by atoms with van der Waals surface area (Å²) in [6, 6.07) is 9.09. The van der Waals surface area contributed by atoms with E-state index in [0.717, 1.165) is 30.4 Å². The molecule has 3 aromatic rings. The van der Waals surface area contributed by atoms with E-state index in [1.165, 1.54) is 24.1 Å². The number of aromatic nitrogens is 3. The lowest BCUT2D eigenvalue weighted by Gasteiger charge is -2.24. The molecule has 1 aromatic heterocycles. The zero-order valence-corrected chi connectivity index (χ0v) is 21.4. The first-order chi connectivity index (χ1) is 16.1. The molecule has 6 nitrogen and oxygen atoms in total. The van der Waals surface area contributed by atoms with E-state index in [1.807, 2.05) is 32.9 Å². The maximum absolute atomic E-state index is 12.0. The first-order valence-corrected chi connectivity index (χ1v) is 12.6. The summed E-state index contributed by atoms with van der Waals surface area (Å²) >= 11 is 6.28. The van der Waals surface area contributed by atoms with E-state index in [0.29, 0.717) is 34.6 Å². The number of hydrogen-bond donors (Lipinski definition) is 2. The molecule has 7 heteroatoms. The molecule has 0 bridgehead atoms. The van der Waals surface area contributed by atoms with Crippen molar-refractivity contribution in [2.45, 2.75) is 84.5 Å². The highest BCUT2D eigenvalue weighted by atomic mass is 35.5. The lowest BCUT2D eigenvalue weighted by Crippen LogP contribution is -2.18. The van der Waals surface area contributed by atoms with Gasteiger partial charge in [0.25, 0.3) is 0 Å². The number of nitrogens with zero attached hydrogens (tertiary/aromatic N) is 3. The molecule has 34 heavy (non-hydrogen) atoms. The predicted molar refractivity (Wildman–Crippen MR) is 137 cm³/mol. The molecule has 0 fully saturated rings. The van der Waals surface area contributed by atoms with Gasteiger partial charge in [-0.15, -0.1) is 15.0 Å². The minimum absolute atomic E-state index is 0.0930. The van der Waals surface area contributed by atoms with Gasteiger partial charge < -0.3 is 10.2 Å². The molecule has 184 valence electrons. The van der Waals surface area contributed by atoms with Crippen LogP contribution < -0.4 is 0 Å². The van der Waals surface area contributed by atoms with Gasteiger partial charge in [0.2, 0.25) is 0 Å². The minimum Gasteiger partial charge on any atom is -0.505 e. The van der Waals surface area contributed by atoms with E-state index >= 15 is 0 Å². The molecule has 0 aliphatic heterocycles. The number of rotatable bonds is 11. The molecule has 0 saturated carbocycles. The van der Waals surface area contributed by atoms with Crippen molar-refractivity contribution in [1.29, 1.82) is 0 Å². The first-order valence-electron chi connectivity index (χ1n) is 12.2. The molecule has 0 saturated heterocycles. The molecule has 2 N–H and O–H groups in total. The quantitative estimate of drug-likeness (QED) is 0.283. The van der Waals surface area contributed by atoms with Gasteiger partial charge >= 0.3 is 5.97 Å². The Balaban J connectivity index is 1.92. The van der Waals surface area contributed by atoms with Crippen LogP contribution in [-0.2, 0) is 16.6 Å². The molecule has 2 aromatic carbocycles. The average Bonchev–Trinajstić information content (AvgIpc) is 3.20. The maximum atomic E-state index is 12.0. The molecule has 0 aliphatic carbocycles. The lowest BCUT2D eigenvalue weighted by atomic mass is 9.83. The highest BCUT2D eigenvalue weighted by Crippen LogP contribution is 2.37. The van der Waals surface area contributed by atoms with Crippen LogP contribution in [0.2, 0.25) is 5.02 Å². The van der Waals surface area contributed by atoms with E-state index in [-0.39, 0.29) is 11.2 Å². The normalized spacial score (nSPS) is 12.9. The summed E-state index contributed by atoms with van der Waals surface area (Å²) in [6.07, 6.45) is 7.79. The fourth-order valence-corrected chi connectivity index (χ4v) is 4.51. The third kappa shape index (κ3) is 6.29. The Morgan fingerprint density at radius 3 is 2.44 bits per heavy atom. The lowest BCUT2D eigenvalue weighted by molar-refractivity contribution is -0.142. The van der Waals surface area contributed by atoms with Crippen LogP contribution in [0.15, 0.2) is 30.3 Å². The SMILES string of the molecule is CCCCCCCCC(Cc1cc(-n2nc3cccc(Cl)c3n2)c(O)c(C(C)(C)C)c1)C(=O)O. The van der Waals surface area contributed by atoms with E-state index in [9.17, 15) is 15.0 Å². The topological polar surface area (TPSA) is 88.2 Å². The predicted octanol–water partition coefficient (Wildman–Crippen LogP) is 7.07. The summed E-state index contributed by atoms with van der Waals surface area (Å²) in [4.78, 5) is 13.4. The van der Waals surface area contributed by atoms with Crippen LogP contribution in [0, 0.1) is 5.92 Å². The standard InChI is InChI=1S/C27H36ClN3O3/c1-5-6-7-8-9-10-12-19(26(33)34)15-18-16-20(27(2,3)4)25(32)23(17-18)31-29-22-14-11-13-21(28)24(22)30-31/h11,13-14,16-17,19,32H,5-10,12,15H2,1-4H3,(H,33,34). The van der Waals surface area contributed by atoms with Crippen molar-refractivity contribution in [3.63, 3.8) is 0 Å². The number of fused-ring (bicyclic) bond motifs is 1. The Bertz CT molecular complexity index is 1130. The Hall–Kier alpha value is -2.60. The van der Waals surface area contributed by atoms with Crippen LogP contribution in [0.3, 0.4) is 0 Å². The monoisotopic (exact) mass is 485 g/mol. The van der Waals surface area contributed by atoms with Crippen molar-refractivity contribution in [2.75, 3.05) is 0 Å². The second-order valence-electron chi connectivity index (χ2n) is 10.2. The molecule has 1 unspecified atom stereocenters. The van der Waals surface area contributed by atoms with E-state index in [4.69, 9.17) is 11.6 Å². The fraction of sp³-hybridized carbons (Fsp3) is 0.519. The Kier molecular flexibility index (Phi) is 8.58. The van der Waals surface area contributed by atoms with Crippen molar-refractivity contribution in [2.24, 2.45) is 5.92 Å². The number of carbonyl (C=O) groups is 1. The van der Waals surface area contributed by atoms with Gasteiger partial charge in [0.1, 0.15) is 22.5 Å². The van der Waals surface area contributed by atoms with Gasteiger partial charge in [-0.3, -0.25) is 4.79 Å². The molecule has 0 spiro atoms. The van der Waals surface area contributed by atoms with Crippen molar-refractivity contribution in [3.8, 4) is 11.4 Å². The van der Waals surface area contributed by atoms with Crippen LogP contribution in [0.5, 0.6) is 5.75 Å². The number of phenols is 1. The first kappa shape index (κ1) is 26.0. The Labute approximate surface area is 206 Å². The number of hydrogen-bond acceptors (Lipinski definition) is 4. The molecule has 0 aliphatic rings. The summed E-state index contributed by atoms with van der Waals surface area (Å²) in [5.74, 6) is -1.17. The van der Waals surface area contributed by atoms with Gasteiger partial charge in [0.05, 0.1) is 10.9 Å². The summed E-state index contributed by atoms with van der Waals surface area (Å²) in [6.45, 7) is 8.24. The molecule has 1 heterocycles. The molecular weight excluding hydrogens is 450 g/mol. The number of carboxylic acid groups (broad SMARTS) is 1. The fourth-order valence-electron chi connectivity index (χ4n) is 4.30. The van der Waals surface area contributed by atoms with Gasteiger partial charge in [-0.05, 0) is 42.0 Å². The van der Waals surface area contributed by atoms with Gasteiger partial charge in [0, 0.05) is 5.56 Å². The van der Waals surface area contributed by atoms with Crippen molar-refractivity contribution < 1.29 is 15.0 Å². The van der Waals surface area contributed by atoms with Crippen molar-refractivity contribution >= 4 is 28.6 Å². The summed E-state index contributed by atoms with van der Waals surface area (Å²) in [5, 5.41) is 30.5. The number of carboxylic acids is 1. The maximum Gasteiger partial charge on any atom is 0.306 e. The summed E-state index contributed by atoms with van der Waals surface area (Å²) in [7, 11) is 0. The van der Waals surface area contributed by atoms with Gasteiger partial charge in [0.15, 0.2) is 0 Å². The number of aromatic hydroxyl groups is 1. The largest absolute Gasteiger partial charge is 0.505 e. The highest BCUT2D eigenvalue weighted by Gasteiger charge is 2.25. The molecular formula is C27H36ClN3O3. The summed E-state index contributed by atoms with van der Waals surface area (Å²) < 4.78 is 0. The van der Waals surface area contributed by atoms with Crippen LogP contribution in [-0.4, -0.2) is 31.2 Å². The van der Waals surface area contributed by atoms with Crippen molar-refractivity contribution in [1.82, 2.24) is 15.0 Å². The number of aliphatic carboxylic acids is 1. The Morgan fingerprint density at radius 2 is 1.79 bits per heavy atom. The molecule has 1 atom stereocenters. The number of unbranched alkanes of at least 4 members (excludes halogenated alkanes) is 5. The van der Waals surface area contributed by atoms with Crippen molar-refractivity contribution in [3.05, 3.63) is 46.5 Å². The minimum atomic E-state index is -0.782. The van der Waals surface area contributed by atoms with E-state index in [2.05, 4.69) is 17.1 Å². The van der Waals surface area contributed by atoms with Gasteiger partial charge in [-0.1, -0.05) is 90.0 Å². The van der Waals surface area contributed by atoms with Crippen LogP contribution in [0.4, 0.5) is 0 Å². The van der Waals surface area contributed by atoms with Crippen LogP contribution >= 0.6 is 11.6 Å². The number of benzene rings is 2. The van der Waals surface area contributed by atoms with E-state index in [1.54, 1.807) is 18.2 Å². The smallest absolute Gasteiger partial charge is 0.306 e. The third-order valence-corrected chi connectivity index (χ3v) is 6.58.